The van der Waals surface area contributed by atoms with Crippen molar-refractivity contribution in [1.82, 2.24) is 0 Å². The third kappa shape index (κ3) is 3.49. The standard InChI is InChI=1S/C21H19N3O5S/c1-3-23-18-6-4-5-7-19(18)29-20(23)13-12-17-14(2)22-24(21(17)25)15-8-10-16(11-9-15)30(26,27)28/h4-13H,3H2,1-2H3,(H,26,27,28). The molecule has 0 aromatic heterocycles. The molecule has 0 unspecified atom stereocenters. The van der Waals surface area contributed by atoms with Crippen LogP contribution in [-0.4, -0.2) is 31.1 Å². The number of carbonyl (C=O) groups excluding carboxylic acids is 1. The molecule has 30 heavy (non-hydrogen) atoms. The Hall–Kier alpha value is -3.43. The lowest BCUT2D eigenvalue weighted by Crippen LogP contribution is -2.21. The predicted octanol–water partition coefficient (Wildman–Crippen LogP) is 3.34. The molecule has 2 aromatic carbocycles. The fraction of sp³-hybridized carbons (Fsp3) is 0.143. The third-order valence-electron chi connectivity index (χ3n) is 4.79. The number of fused-ring (bicyclic) bond motifs is 1. The van der Waals surface area contributed by atoms with Crippen molar-refractivity contribution < 1.29 is 22.5 Å². The molecule has 0 saturated heterocycles. The topological polar surface area (TPSA) is 99.5 Å². The molecule has 0 atom stereocenters. The minimum absolute atomic E-state index is 0.253. The number of ether oxygens (including phenoxy) is 1. The van der Waals surface area contributed by atoms with Crippen LogP contribution in [0.2, 0.25) is 0 Å². The van der Waals surface area contributed by atoms with Crippen molar-refractivity contribution in [1.29, 1.82) is 0 Å². The molecule has 1 N–H and O–H groups in total. The monoisotopic (exact) mass is 425 g/mol. The van der Waals surface area contributed by atoms with Crippen LogP contribution in [0.4, 0.5) is 11.4 Å². The van der Waals surface area contributed by atoms with E-state index in [1.807, 2.05) is 36.1 Å². The normalized spacial score (nSPS) is 18.8. The minimum atomic E-state index is -4.30. The van der Waals surface area contributed by atoms with Crippen LogP contribution >= 0.6 is 0 Å². The lowest BCUT2D eigenvalue weighted by Gasteiger charge is -2.15. The number of hydrogen-bond donors (Lipinski definition) is 1. The molecule has 0 aliphatic carbocycles. The quantitative estimate of drug-likeness (QED) is 0.596. The maximum absolute atomic E-state index is 12.9. The zero-order valence-electron chi connectivity index (χ0n) is 16.3. The van der Waals surface area contributed by atoms with Crippen molar-refractivity contribution in [2.24, 2.45) is 5.10 Å². The Morgan fingerprint density at radius 3 is 2.47 bits per heavy atom. The second-order valence-corrected chi connectivity index (χ2v) is 8.09. The molecule has 0 radical (unpaired) electrons. The Labute approximate surface area is 174 Å². The second-order valence-electron chi connectivity index (χ2n) is 6.67. The largest absolute Gasteiger partial charge is 0.439 e. The molecule has 1 amide bonds. The lowest BCUT2D eigenvalue weighted by atomic mass is 10.1. The highest BCUT2D eigenvalue weighted by atomic mass is 32.2. The first-order valence-corrected chi connectivity index (χ1v) is 10.7. The fourth-order valence-corrected chi connectivity index (χ4v) is 3.78. The Morgan fingerprint density at radius 2 is 1.80 bits per heavy atom. The Balaban J connectivity index is 1.60. The van der Waals surface area contributed by atoms with Gasteiger partial charge in [0.05, 0.1) is 27.6 Å². The van der Waals surface area contributed by atoms with E-state index in [-0.39, 0.29) is 10.8 Å². The summed E-state index contributed by atoms with van der Waals surface area (Å²) >= 11 is 0. The minimum Gasteiger partial charge on any atom is -0.439 e. The van der Waals surface area contributed by atoms with Crippen LogP contribution in [0.3, 0.4) is 0 Å². The zero-order valence-corrected chi connectivity index (χ0v) is 17.1. The first kappa shape index (κ1) is 19.9. The first-order chi connectivity index (χ1) is 14.3. The molecular formula is C21H19N3O5S. The SMILES string of the molecule is CCN1C(=CC=C2C(=O)N(c3ccc(S(=O)(=O)O)cc3)N=C2C)Oc2ccccc21. The van der Waals surface area contributed by atoms with Gasteiger partial charge in [0, 0.05) is 6.54 Å². The van der Waals surface area contributed by atoms with Crippen molar-refractivity contribution in [2.75, 3.05) is 16.5 Å². The van der Waals surface area contributed by atoms with Gasteiger partial charge in [0.25, 0.3) is 16.0 Å². The van der Waals surface area contributed by atoms with Crippen LogP contribution in [0.15, 0.2) is 82.1 Å². The van der Waals surface area contributed by atoms with Crippen molar-refractivity contribution in [2.45, 2.75) is 18.7 Å². The van der Waals surface area contributed by atoms with E-state index in [2.05, 4.69) is 5.10 Å². The van der Waals surface area contributed by atoms with Gasteiger partial charge in [-0.25, -0.2) is 0 Å². The summed E-state index contributed by atoms with van der Waals surface area (Å²) in [7, 11) is -4.30. The zero-order chi connectivity index (χ0) is 21.5. The van der Waals surface area contributed by atoms with Gasteiger partial charge in [0.1, 0.15) is 0 Å². The third-order valence-corrected chi connectivity index (χ3v) is 5.66. The van der Waals surface area contributed by atoms with Crippen molar-refractivity contribution in [3.63, 3.8) is 0 Å². The van der Waals surface area contributed by atoms with Crippen LogP contribution in [0.25, 0.3) is 0 Å². The summed E-state index contributed by atoms with van der Waals surface area (Å²) in [6.45, 7) is 4.44. The highest BCUT2D eigenvalue weighted by molar-refractivity contribution is 7.85. The van der Waals surface area contributed by atoms with E-state index in [0.29, 0.717) is 29.4 Å². The molecule has 2 aliphatic rings. The number of carbonyl (C=O) groups is 1. The highest BCUT2D eigenvalue weighted by Gasteiger charge is 2.29. The molecule has 0 saturated carbocycles. The summed E-state index contributed by atoms with van der Waals surface area (Å²) in [6.07, 6.45) is 3.40. The number of anilines is 2. The van der Waals surface area contributed by atoms with E-state index in [9.17, 15) is 13.2 Å². The lowest BCUT2D eigenvalue weighted by molar-refractivity contribution is -0.114. The summed E-state index contributed by atoms with van der Waals surface area (Å²) < 4.78 is 37.4. The van der Waals surface area contributed by atoms with Gasteiger partial charge in [-0.2, -0.15) is 18.5 Å². The maximum atomic E-state index is 12.9. The molecular weight excluding hydrogens is 406 g/mol. The summed E-state index contributed by atoms with van der Waals surface area (Å²) in [6, 6.07) is 13.0. The fourth-order valence-electron chi connectivity index (χ4n) is 3.30. The Morgan fingerprint density at radius 1 is 1.10 bits per heavy atom. The van der Waals surface area contributed by atoms with Gasteiger partial charge in [-0.3, -0.25) is 9.35 Å². The van der Waals surface area contributed by atoms with Gasteiger partial charge in [0.2, 0.25) is 5.88 Å². The van der Waals surface area contributed by atoms with Gasteiger partial charge in [0.15, 0.2) is 5.75 Å². The number of amides is 1. The average Bonchev–Trinajstić information content (AvgIpc) is 3.22. The molecule has 2 heterocycles. The summed E-state index contributed by atoms with van der Waals surface area (Å²) in [4.78, 5) is 14.6. The first-order valence-electron chi connectivity index (χ1n) is 9.23. The van der Waals surface area contributed by atoms with Crippen molar-refractivity contribution in [3.8, 4) is 5.75 Å². The molecule has 0 bridgehead atoms. The molecule has 2 aliphatic heterocycles. The van der Waals surface area contributed by atoms with Crippen LogP contribution < -0.4 is 14.6 Å². The number of hydrogen-bond acceptors (Lipinski definition) is 6. The van der Waals surface area contributed by atoms with Crippen molar-refractivity contribution >= 4 is 33.1 Å². The van der Waals surface area contributed by atoms with Crippen LogP contribution in [0.5, 0.6) is 5.75 Å². The van der Waals surface area contributed by atoms with Crippen LogP contribution in [-0.2, 0) is 14.9 Å². The van der Waals surface area contributed by atoms with E-state index < -0.39 is 10.1 Å². The van der Waals surface area contributed by atoms with Crippen LogP contribution in [0, 0.1) is 0 Å². The number of allylic oxidation sites excluding steroid dienone is 2. The molecule has 154 valence electrons. The molecule has 2 aromatic rings. The van der Waals surface area contributed by atoms with Gasteiger partial charge < -0.3 is 9.64 Å². The molecule has 0 spiro atoms. The molecule has 8 nitrogen and oxygen atoms in total. The van der Waals surface area contributed by atoms with Gasteiger partial charge in [-0.05, 0) is 62.4 Å². The highest BCUT2D eigenvalue weighted by Crippen LogP contribution is 2.38. The maximum Gasteiger partial charge on any atom is 0.294 e. The smallest absolute Gasteiger partial charge is 0.294 e. The van der Waals surface area contributed by atoms with E-state index >= 15 is 0 Å². The van der Waals surface area contributed by atoms with E-state index in [1.165, 1.54) is 29.3 Å². The molecule has 9 heteroatoms. The van der Waals surface area contributed by atoms with Gasteiger partial charge >= 0.3 is 0 Å². The molecule has 4 rings (SSSR count). The molecule has 0 fully saturated rings. The van der Waals surface area contributed by atoms with Crippen molar-refractivity contribution in [3.05, 3.63) is 72.1 Å². The van der Waals surface area contributed by atoms with Gasteiger partial charge in [-0.15, -0.1) is 0 Å². The number of benzene rings is 2. The van der Waals surface area contributed by atoms with Gasteiger partial charge in [-0.1, -0.05) is 12.1 Å². The predicted molar refractivity (Wildman–Crippen MR) is 113 cm³/mol. The Bertz CT molecular complexity index is 1210. The van der Waals surface area contributed by atoms with Crippen LogP contribution in [0.1, 0.15) is 13.8 Å². The number of para-hydroxylation sites is 2. The van der Waals surface area contributed by atoms with E-state index in [4.69, 9.17) is 9.29 Å². The average molecular weight is 425 g/mol. The number of hydrazone groups is 1. The summed E-state index contributed by atoms with van der Waals surface area (Å²) in [5.74, 6) is 1.03. The Kier molecular flexibility index (Phi) is 4.92. The number of rotatable bonds is 4. The van der Waals surface area contributed by atoms with E-state index in [1.54, 1.807) is 19.1 Å². The van der Waals surface area contributed by atoms with E-state index in [0.717, 1.165) is 11.4 Å². The number of nitrogens with zero attached hydrogens (tertiary/aromatic N) is 3. The summed E-state index contributed by atoms with van der Waals surface area (Å²) in [5.41, 5.74) is 2.28. The second kappa shape index (κ2) is 7.43. The summed E-state index contributed by atoms with van der Waals surface area (Å²) in [5, 5.41) is 5.46.